The minimum Gasteiger partial charge on any atom is -0.197 e. The molecule has 0 spiro atoms. The van der Waals surface area contributed by atoms with E-state index in [2.05, 4.69) is 32.6 Å². The van der Waals surface area contributed by atoms with Gasteiger partial charge in [-0.3, -0.25) is 0 Å². The zero-order chi connectivity index (χ0) is 12.3. The first-order valence-corrected chi connectivity index (χ1v) is 5.86. The molecule has 2 atom stereocenters. The molecule has 0 radical (unpaired) electrons. The monoisotopic (exact) mass is 216 g/mol. The molecule has 0 aliphatic heterocycles. The first-order valence-electron chi connectivity index (χ1n) is 5.86. The van der Waals surface area contributed by atoms with E-state index in [1.54, 1.807) is 0 Å². The fraction of sp³-hybridized carbons (Fsp3) is 0.714. The van der Waals surface area contributed by atoms with E-state index in [0.29, 0.717) is 5.92 Å². The van der Waals surface area contributed by atoms with Gasteiger partial charge < -0.3 is 0 Å². The van der Waals surface area contributed by atoms with Crippen LogP contribution in [0, 0.1) is 45.8 Å². The van der Waals surface area contributed by atoms with Crippen LogP contribution < -0.4 is 0 Å². The zero-order valence-corrected chi connectivity index (χ0v) is 10.5. The minimum absolute atomic E-state index is 0.163. The van der Waals surface area contributed by atoms with Crippen molar-refractivity contribution in [3.05, 3.63) is 12.2 Å². The van der Waals surface area contributed by atoms with Gasteiger partial charge in [0.1, 0.15) is 5.92 Å². The van der Waals surface area contributed by atoms with Crippen LogP contribution in [0.3, 0.4) is 0 Å². The summed E-state index contributed by atoms with van der Waals surface area (Å²) in [7, 11) is 0. The van der Waals surface area contributed by atoms with E-state index in [9.17, 15) is 0 Å². The standard InChI is InChI=1S/C14H20N2/c1-10(2)12-5-6-14(3,4)7-13(12)11(8-15)9-16/h11-13H,1,5-7H2,2-4H3/t12-,13-/m0/s1. The summed E-state index contributed by atoms with van der Waals surface area (Å²) >= 11 is 0. The Morgan fingerprint density at radius 2 is 1.94 bits per heavy atom. The molecule has 1 fully saturated rings. The average Bonchev–Trinajstić information content (AvgIpc) is 2.17. The second-order valence-corrected chi connectivity index (χ2v) is 5.76. The Labute approximate surface area is 98.6 Å². The van der Waals surface area contributed by atoms with Gasteiger partial charge in [0, 0.05) is 0 Å². The van der Waals surface area contributed by atoms with E-state index in [0.717, 1.165) is 24.8 Å². The van der Waals surface area contributed by atoms with Crippen molar-refractivity contribution in [3.8, 4) is 12.1 Å². The Morgan fingerprint density at radius 1 is 1.38 bits per heavy atom. The topological polar surface area (TPSA) is 47.6 Å². The molecular weight excluding hydrogens is 196 g/mol. The summed E-state index contributed by atoms with van der Waals surface area (Å²) in [6, 6.07) is 4.28. The Bertz CT molecular complexity index is 340. The smallest absolute Gasteiger partial charge is 0.136 e. The highest BCUT2D eigenvalue weighted by Gasteiger charge is 2.39. The highest BCUT2D eigenvalue weighted by atomic mass is 14.4. The van der Waals surface area contributed by atoms with Crippen molar-refractivity contribution in [3.63, 3.8) is 0 Å². The van der Waals surface area contributed by atoms with Gasteiger partial charge in [-0.15, -0.1) is 0 Å². The van der Waals surface area contributed by atoms with Gasteiger partial charge in [0.2, 0.25) is 0 Å². The van der Waals surface area contributed by atoms with Crippen LogP contribution in [0.4, 0.5) is 0 Å². The third kappa shape index (κ3) is 2.64. The van der Waals surface area contributed by atoms with Gasteiger partial charge in [-0.1, -0.05) is 26.0 Å². The number of nitrogens with zero attached hydrogens (tertiary/aromatic N) is 2. The van der Waals surface area contributed by atoms with Gasteiger partial charge in [-0.25, -0.2) is 0 Å². The van der Waals surface area contributed by atoms with Gasteiger partial charge >= 0.3 is 0 Å². The first kappa shape index (κ1) is 12.8. The summed E-state index contributed by atoms with van der Waals surface area (Å²) in [6.07, 6.45) is 3.17. The van der Waals surface area contributed by atoms with E-state index in [4.69, 9.17) is 10.5 Å². The second-order valence-electron chi connectivity index (χ2n) is 5.76. The highest BCUT2D eigenvalue weighted by molar-refractivity contribution is 5.12. The molecule has 1 saturated carbocycles. The van der Waals surface area contributed by atoms with E-state index >= 15 is 0 Å². The van der Waals surface area contributed by atoms with Crippen LogP contribution in [-0.4, -0.2) is 0 Å². The Kier molecular flexibility index (Phi) is 3.76. The van der Waals surface area contributed by atoms with E-state index in [1.807, 2.05) is 6.92 Å². The molecule has 0 aromatic heterocycles. The number of allylic oxidation sites excluding steroid dienone is 1. The van der Waals surface area contributed by atoms with Crippen LogP contribution in [0.15, 0.2) is 12.2 Å². The third-order valence-corrected chi connectivity index (χ3v) is 3.78. The van der Waals surface area contributed by atoms with Gasteiger partial charge in [0.15, 0.2) is 0 Å². The molecule has 1 aliphatic rings. The maximum Gasteiger partial charge on any atom is 0.136 e. The molecule has 2 nitrogen and oxygen atoms in total. The van der Waals surface area contributed by atoms with Crippen LogP contribution >= 0.6 is 0 Å². The predicted octanol–water partition coefficient (Wildman–Crippen LogP) is 3.67. The molecule has 0 N–H and O–H groups in total. The van der Waals surface area contributed by atoms with Crippen molar-refractivity contribution >= 4 is 0 Å². The second kappa shape index (κ2) is 4.71. The van der Waals surface area contributed by atoms with E-state index in [1.165, 1.54) is 0 Å². The van der Waals surface area contributed by atoms with Gasteiger partial charge in [0.25, 0.3) is 0 Å². The zero-order valence-electron chi connectivity index (χ0n) is 10.5. The van der Waals surface area contributed by atoms with Gasteiger partial charge in [-0.2, -0.15) is 10.5 Å². The Hall–Kier alpha value is -1.28. The fourth-order valence-electron chi connectivity index (χ4n) is 2.83. The minimum atomic E-state index is -0.485. The number of hydrogen-bond acceptors (Lipinski definition) is 2. The quantitative estimate of drug-likeness (QED) is 0.661. The van der Waals surface area contributed by atoms with E-state index < -0.39 is 5.92 Å². The molecule has 1 rings (SSSR count). The van der Waals surface area contributed by atoms with Crippen molar-refractivity contribution in [1.29, 1.82) is 10.5 Å². The lowest BCUT2D eigenvalue weighted by atomic mass is 9.62. The summed E-state index contributed by atoms with van der Waals surface area (Å²) in [5.74, 6) is 0.0230. The Balaban J connectivity index is 2.94. The van der Waals surface area contributed by atoms with E-state index in [-0.39, 0.29) is 11.3 Å². The molecule has 2 heteroatoms. The molecule has 0 amide bonds. The third-order valence-electron chi connectivity index (χ3n) is 3.78. The van der Waals surface area contributed by atoms with Crippen molar-refractivity contribution in [1.82, 2.24) is 0 Å². The molecule has 0 unspecified atom stereocenters. The lowest BCUT2D eigenvalue weighted by Crippen LogP contribution is -2.34. The molecule has 1 aliphatic carbocycles. The Morgan fingerprint density at radius 3 is 2.38 bits per heavy atom. The summed E-state index contributed by atoms with van der Waals surface area (Å²) < 4.78 is 0. The normalized spacial score (nSPS) is 28.1. The summed E-state index contributed by atoms with van der Waals surface area (Å²) in [5.41, 5.74) is 1.37. The number of rotatable bonds is 2. The average molecular weight is 216 g/mol. The fourth-order valence-corrected chi connectivity index (χ4v) is 2.83. The molecule has 0 saturated heterocycles. The predicted molar refractivity (Wildman–Crippen MR) is 64.1 cm³/mol. The van der Waals surface area contributed by atoms with Crippen molar-refractivity contribution in [2.45, 2.75) is 40.0 Å². The molecule has 86 valence electrons. The molecule has 0 heterocycles. The highest BCUT2D eigenvalue weighted by Crippen LogP contribution is 2.46. The van der Waals surface area contributed by atoms with Crippen LogP contribution in [0.5, 0.6) is 0 Å². The SMILES string of the molecule is C=C(C)[C@@H]1CCC(C)(C)C[C@H]1C(C#N)C#N. The summed E-state index contributed by atoms with van der Waals surface area (Å²) in [4.78, 5) is 0. The van der Waals surface area contributed by atoms with Crippen LogP contribution in [0.2, 0.25) is 0 Å². The van der Waals surface area contributed by atoms with Crippen molar-refractivity contribution < 1.29 is 0 Å². The lowest BCUT2D eigenvalue weighted by molar-refractivity contribution is 0.123. The number of hydrogen-bond donors (Lipinski definition) is 0. The maximum atomic E-state index is 9.05. The van der Waals surface area contributed by atoms with Crippen LogP contribution in [0.25, 0.3) is 0 Å². The molecule has 16 heavy (non-hydrogen) atoms. The molecular formula is C14H20N2. The summed E-state index contributed by atoms with van der Waals surface area (Å²) in [6.45, 7) is 10.5. The van der Waals surface area contributed by atoms with Gasteiger partial charge in [0.05, 0.1) is 12.1 Å². The lowest BCUT2D eigenvalue weighted by Gasteiger charge is -2.41. The molecule has 0 aromatic carbocycles. The largest absolute Gasteiger partial charge is 0.197 e. The number of nitriles is 2. The van der Waals surface area contributed by atoms with Crippen LogP contribution in [-0.2, 0) is 0 Å². The van der Waals surface area contributed by atoms with Gasteiger partial charge in [-0.05, 0) is 43.4 Å². The van der Waals surface area contributed by atoms with Crippen molar-refractivity contribution in [2.24, 2.45) is 23.2 Å². The maximum absolute atomic E-state index is 9.05. The van der Waals surface area contributed by atoms with Crippen molar-refractivity contribution in [2.75, 3.05) is 0 Å². The molecule has 0 bridgehead atoms. The molecule has 0 aromatic rings. The first-order chi connectivity index (χ1) is 7.41. The van der Waals surface area contributed by atoms with Crippen LogP contribution in [0.1, 0.15) is 40.0 Å². The summed E-state index contributed by atoms with van der Waals surface area (Å²) in [5, 5.41) is 18.1.